The first-order chi connectivity index (χ1) is 7.77. The molecule has 0 aliphatic carbocycles. The molecular weight excluding hydrogens is 247 g/mol. The first-order valence-corrected chi connectivity index (χ1v) is 5.88. The fourth-order valence-corrected chi connectivity index (χ4v) is 1.49. The summed E-state index contributed by atoms with van der Waals surface area (Å²) in [6.45, 7) is 0.372. The van der Waals surface area contributed by atoms with Gasteiger partial charge in [-0.15, -0.1) is 11.6 Å². The predicted molar refractivity (Wildman–Crippen MR) is 67.1 cm³/mol. The fraction of sp³-hybridized carbons (Fsp3) is 0.333. The van der Waals surface area contributed by atoms with E-state index in [2.05, 4.69) is 0 Å². The van der Waals surface area contributed by atoms with Crippen LogP contribution >= 0.6 is 23.2 Å². The average molecular weight is 261 g/mol. The number of alkyl halides is 1. The highest BCUT2D eigenvalue weighted by Gasteiger charge is 2.09. The molecule has 0 amide bonds. The zero-order chi connectivity index (χ0) is 11.8. The average Bonchev–Trinajstić information content (AvgIpc) is 2.31. The zero-order valence-corrected chi connectivity index (χ0v) is 10.3. The summed E-state index contributed by atoms with van der Waals surface area (Å²) < 4.78 is 5.48. The number of hydrogen-bond acceptors (Lipinski definition) is 2. The van der Waals surface area contributed by atoms with Gasteiger partial charge in [0.05, 0.1) is 13.2 Å². The van der Waals surface area contributed by atoms with E-state index in [1.165, 1.54) is 0 Å². The number of rotatable bonds is 6. The maximum atomic E-state index is 9.20. The van der Waals surface area contributed by atoms with Crippen molar-refractivity contribution in [2.24, 2.45) is 0 Å². The summed E-state index contributed by atoms with van der Waals surface area (Å²) in [5.41, 5.74) is 0.908. The lowest BCUT2D eigenvalue weighted by molar-refractivity contribution is 0.0274. The Balaban J connectivity index is 2.53. The van der Waals surface area contributed by atoms with Crippen molar-refractivity contribution in [2.75, 3.05) is 19.1 Å². The van der Waals surface area contributed by atoms with Crippen LogP contribution in [0.25, 0.3) is 0 Å². The first-order valence-electron chi connectivity index (χ1n) is 4.96. The molecule has 88 valence electrons. The second-order valence-electron chi connectivity index (χ2n) is 3.18. The van der Waals surface area contributed by atoms with Crippen molar-refractivity contribution in [2.45, 2.75) is 6.10 Å². The van der Waals surface area contributed by atoms with Gasteiger partial charge in [0.25, 0.3) is 0 Å². The van der Waals surface area contributed by atoms with Gasteiger partial charge < -0.3 is 9.84 Å². The SMILES string of the molecule is OC[C@@H](OC/C=C\CCl)c1ccc(Cl)cc1. The molecule has 1 atom stereocenters. The monoisotopic (exact) mass is 260 g/mol. The Hall–Kier alpha value is -0.540. The van der Waals surface area contributed by atoms with Crippen molar-refractivity contribution in [1.82, 2.24) is 0 Å². The standard InChI is InChI=1S/C12H14Cl2O2/c13-7-1-2-8-16-12(9-15)10-3-5-11(14)6-4-10/h1-6,12,15H,7-9H2/b2-1-/t12-/m1/s1. The van der Waals surface area contributed by atoms with E-state index in [-0.39, 0.29) is 12.7 Å². The highest BCUT2D eigenvalue weighted by atomic mass is 35.5. The van der Waals surface area contributed by atoms with Crippen molar-refractivity contribution in [3.8, 4) is 0 Å². The van der Waals surface area contributed by atoms with E-state index in [4.69, 9.17) is 27.9 Å². The summed E-state index contributed by atoms with van der Waals surface area (Å²) >= 11 is 11.3. The molecule has 4 heteroatoms. The molecule has 0 unspecified atom stereocenters. The van der Waals surface area contributed by atoms with E-state index in [1.54, 1.807) is 18.2 Å². The summed E-state index contributed by atoms with van der Waals surface area (Å²) in [6.07, 6.45) is 3.31. The van der Waals surface area contributed by atoms with Gasteiger partial charge in [-0.05, 0) is 17.7 Å². The molecule has 1 rings (SSSR count). The van der Waals surface area contributed by atoms with Gasteiger partial charge >= 0.3 is 0 Å². The molecule has 16 heavy (non-hydrogen) atoms. The van der Waals surface area contributed by atoms with Crippen LogP contribution in [0.15, 0.2) is 36.4 Å². The normalized spacial score (nSPS) is 13.2. The van der Waals surface area contributed by atoms with Gasteiger partial charge in [-0.3, -0.25) is 0 Å². The Kier molecular flexibility index (Phi) is 6.50. The summed E-state index contributed by atoms with van der Waals surface area (Å²) in [4.78, 5) is 0. The second-order valence-corrected chi connectivity index (χ2v) is 3.93. The highest BCUT2D eigenvalue weighted by Crippen LogP contribution is 2.19. The molecule has 0 bridgehead atoms. The number of aliphatic hydroxyl groups excluding tert-OH is 1. The molecule has 0 spiro atoms. The van der Waals surface area contributed by atoms with Crippen LogP contribution in [0.2, 0.25) is 5.02 Å². The van der Waals surface area contributed by atoms with Gasteiger partial charge in [-0.25, -0.2) is 0 Å². The molecule has 0 aromatic heterocycles. The van der Waals surface area contributed by atoms with Crippen molar-refractivity contribution in [3.63, 3.8) is 0 Å². The predicted octanol–water partition coefficient (Wildman–Crippen LogP) is 3.19. The molecule has 0 aliphatic rings. The van der Waals surface area contributed by atoms with Gasteiger partial charge in [0.2, 0.25) is 0 Å². The van der Waals surface area contributed by atoms with Gasteiger partial charge in [-0.2, -0.15) is 0 Å². The van der Waals surface area contributed by atoms with Crippen LogP contribution in [0.4, 0.5) is 0 Å². The maximum Gasteiger partial charge on any atom is 0.106 e. The molecule has 0 saturated heterocycles. The van der Waals surface area contributed by atoms with Crippen LogP contribution in [0.1, 0.15) is 11.7 Å². The quantitative estimate of drug-likeness (QED) is 0.629. The van der Waals surface area contributed by atoms with Gasteiger partial charge in [0, 0.05) is 10.9 Å². The van der Waals surface area contributed by atoms with Crippen molar-refractivity contribution in [3.05, 3.63) is 47.0 Å². The highest BCUT2D eigenvalue weighted by molar-refractivity contribution is 6.30. The summed E-state index contributed by atoms with van der Waals surface area (Å²) in [6, 6.07) is 7.23. The second kappa shape index (κ2) is 7.69. The minimum Gasteiger partial charge on any atom is -0.393 e. The lowest BCUT2D eigenvalue weighted by Crippen LogP contribution is -2.08. The van der Waals surface area contributed by atoms with Gasteiger partial charge in [0.15, 0.2) is 0 Å². The molecule has 0 radical (unpaired) electrons. The third kappa shape index (κ3) is 4.54. The number of ether oxygens (including phenoxy) is 1. The van der Waals surface area contributed by atoms with E-state index in [9.17, 15) is 5.11 Å². The summed E-state index contributed by atoms with van der Waals surface area (Å²) in [5, 5.41) is 9.87. The van der Waals surface area contributed by atoms with Crippen LogP contribution in [0.5, 0.6) is 0 Å². The number of allylic oxidation sites excluding steroid dienone is 1. The Morgan fingerprint density at radius 1 is 1.25 bits per heavy atom. The largest absolute Gasteiger partial charge is 0.393 e. The van der Waals surface area contributed by atoms with Gasteiger partial charge in [0.1, 0.15) is 6.10 Å². The number of hydrogen-bond donors (Lipinski definition) is 1. The molecule has 0 heterocycles. The van der Waals surface area contributed by atoms with Crippen LogP contribution in [0, 0.1) is 0 Å². The van der Waals surface area contributed by atoms with E-state index < -0.39 is 0 Å². The van der Waals surface area contributed by atoms with Crippen molar-refractivity contribution < 1.29 is 9.84 Å². The minimum absolute atomic E-state index is 0.0592. The van der Waals surface area contributed by atoms with Gasteiger partial charge in [-0.1, -0.05) is 35.9 Å². The summed E-state index contributed by atoms with van der Waals surface area (Å²) in [7, 11) is 0. The smallest absolute Gasteiger partial charge is 0.106 e. The Bertz CT molecular complexity index is 322. The zero-order valence-electron chi connectivity index (χ0n) is 8.77. The minimum atomic E-state index is -0.322. The number of aliphatic hydroxyl groups is 1. The van der Waals surface area contributed by atoms with Crippen molar-refractivity contribution in [1.29, 1.82) is 0 Å². The maximum absolute atomic E-state index is 9.20. The van der Waals surface area contributed by atoms with Crippen LogP contribution in [0.3, 0.4) is 0 Å². The van der Waals surface area contributed by atoms with Crippen molar-refractivity contribution >= 4 is 23.2 Å². The number of benzene rings is 1. The molecular formula is C12H14Cl2O2. The molecule has 2 nitrogen and oxygen atoms in total. The Morgan fingerprint density at radius 2 is 1.94 bits per heavy atom. The number of halogens is 2. The molecule has 0 saturated carbocycles. The Labute approximate surface area is 105 Å². The molecule has 0 aliphatic heterocycles. The summed E-state index contributed by atoms with van der Waals surface area (Å²) in [5.74, 6) is 0.466. The van der Waals surface area contributed by atoms with E-state index in [0.717, 1.165) is 5.56 Å². The van der Waals surface area contributed by atoms with E-state index in [0.29, 0.717) is 17.5 Å². The van der Waals surface area contributed by atoms with Crippen LogP contribution in [-0.2, 0) is 4.74 Å². The Morgan fingerprint density at radius 3 is 2.50 bits per heavy atom. The fourth-order valence-electron chi connectivity index (χ4n) is 1.23. The van der Waals surface area contributed by atoms with E-state index >= 15 is 0 Å². The molecule has 1 aromatic carbocycles. The third-order valence-electron chi connectivity index (χ3n) is 2.06. The molecule has 1 aromatic rings. The first kappa shape index (κ1) is 13.5. The third-order valence-corrected chi connectivity index (χ3v) is 2.49. The topological polar surface area (TPSA) is 29.5 Å². The van der Waals surface area contributed by atoms with E-state index in [1.807, 2.05) is 18.2 Å². The van der Waals surface area contributed by atoms with Crippen LogP contribution in [-0.4, -0.2) is 24.2 Å². The molecule has 0 fully saturated rings. The lowest BCUT2D eigenvalue weighted by atomic mass is 10.1. The molecule has 1 N–H and O–H groups in total. The van der Waals surface area contributed by atoms with Crippen LogP contribution < -0.4 is 0 Å². The lowest BCUT2D eigenvalue weighted by Gasteiger charge is -2.14.